The van der Waals surface area contributed by atoms with Crippen LogP contribution in [0.2, 0.25) is 0 Å². The first-order chi connectivity index (χ1) is 8.16. The van der Waals surface area contributed by atoms with Crippen molar-refractivity contribution in [1.82, 2.24) is 0 Å². The Morgan fingerprint density at radius 1 is 1.35 bits per heavy atom. The van der Waals surface area contributed by atoms with Crippen molar-refractivity contribution >= 4 is 27.8 Å². The smallest absolute Gasteiger partial charge is 0.0617 e. The maximum Gasteiger partial charge on any atom is 0.0617 e. The maximum absolute atomic E-state index is 12.1. The molecule has 0 fully saturated rings. The molecule has 2 nitrogen and oxygen atoms in total. The van der Waals surface area contributed by atoms with Crippen molar-refractivity contribution in [3.05, 3.63) is 46.2 Å². The highest BCUT2D eigenvalue weighted by Crippen LogP contribution is 2.19. The zero-order chi connectivity index (χ0) is 12.3. The van der Waals surface area contributed by atoms with Crippen molar-refractivity contribution in [2.75, 3.05) is 11.5 Å². The Bertz CT molecular complexity index is 520. The second-order valence-corrected chi connectivity index (χ2v) is 6.49. The highest BCUT2D eigenvalue weighted by Gasteiger charge is 2.08. The van der Waals surface area contributed by atoms with E-state index >= 15 is 0 Å². The molecule has 0 spiro atoms. The van der Waals surface area contributed by atoms with Crippen LogP contribution in [0.5, 0.6) is 0 Å². The van der Waals surface area contributed by atoms with Crippen LogP contribution >= 0.6 is 11.3 Å². The maximum atomic E-state index is 12.1. The largest absolute Gasteiger partial charge is 0.398 e. The van der Waals surface area contributed by atoms with Gasteiger partial charge in [0.1, 0.15) is 0 Å². The lowest BCUT2D eigenvalue weighted by Crippen LogP contribution is -2.04. The van der Waals surface area contributed by atoms with Crippen LogP contribution in [0.25, 0.3) is 0 Å². The molecule has 0 saturated heterocycles. The van der Waals surface area contributed by atoms with Crippen molar-refractivity contribution in [2.24, 2.45) is 0 Å². The van der Waals surface area contributed by atoms with Crippen molar-refractivity contribution in [3.63, 3.8) is 0 Å². The number of thiophene rings is 1. The minimum absolute atomic E-state index is 0.633. The Kier molecular flexibility index (Phi) is 3.97. The molecule has 1 aromatic heterocycles. The molecule has 0 radical (unpaired) electrons. The zero-order valence-corrected chi connectivity index (χ0v) is 11.3. The van der Waals surface area contributed by atoms with Crippen LogP contribution in [0, 0.1) is 6.92 Å². The molecule has 2 aromatic rings. The number of rotatable bonds is 4. The Labute approximate surface area is 108 Å². The van der Waals surface area contributed by atoms with Gasteiger partial charge in [-0.05, 0) is 42.5 Å². The molecule has 17 heavy (non-hydrogen) atoms. The van der Waals surface area contributed by atoms with Crippen LogP contribution in [0.4, 0.5) is 5.69 Å². The van der Waals surface area contributed by atoms with Gasteiger partial charge in [0.15, 0.2) is 0 Å². The van der Waals surface area contributed by atoms with Crippen molar-refractivity contribution < 1.29 is 4.21 Å². The van der Waals surface area contributed by atoms with Gasteiger partial charge in [0, 0.05) is 16.3 Å². The molecule has 0 aliphatic carbocycles. The molecule has 1 unspecified atom stereocenters. The van der Waals surface area contributed by atoms with Crippen molar-refractivity contribution in [2.45, 2.75) is 18.2 Å². The van der Waals surface area contributed by atoms with Gasteiger partial charge in [-0.15, -0.1) is 11.3 Å². The minimum Gasteiger partial charge on any atom is -0.398 e. The Hall–Kier alpha value is -1.13. The monoisotopic (exact) mass is 265 g/mol. The number of benzene rings is 1. The molecule has 0 aliphatic rings. The Morgan fingerprint density at radius 3 is 2.82 bits per heavy atom. The predicted octanol–water partition coefficient (Wildman–Crippen LogP) is 2.99. The van der Waals surface area contributed by atoms with Gasteiger partial charge in [-0.25, -0.2) is 0 Å². The third-order valence-corrected chi connectivity index (χ3v) is 4.90. The summed E-state index contributed by atoms with van der Waals surface area (Å²) in [6.45, 7) is 1.98. The van der Waals surface area contributed by atoms with Crippen LogP contribution in [0.15, 0.2) is 40.6 Å². The number of nitrogens with two attached hydrogens (primary N) is 1. The van der Waals surface area contributed by atoms with E-state index in [1.165, 1.54) is 4.88 Å². The lowest BCUT2D eigenvalue weighted by atomic mass is 10.2. The first kappa shape index (κ1) is 12.3. The van der Waals surface area contributed by atoms with Gasteiger partial charge < -0.3 is 5.73 Å². The molecular weight excluding hydrogens is 250 g/mol. The lowest BCUT2D eigenvalue weighted by Gasteiger charge is -2.06. The second-order valence-electron chi connectivity index (χ2n) is 3.92. The van der Waals surface area contributed by atoms with Gasteiger partial charge in [0.25, 0.3) is 0 Å². The summed E-state index contributed by atoms with van der Waals surface area (Å²) >= 11 is 1.70. The third-order valence-electron chi connectivity index (χ3n) is 2.52. The molecule has 0 bridgehead atoms. The number of hydrogen-bond donors (Lipinski definition) is 1. The van der Waals surface area contributed by atoms with Crippen LogP contribution in [-0.4, -0.2) is 9.96 Å². The van der Waals surface area contributed by atoms with Crippen molar-refractivity contribution in [3.8, 4) is 0 Å². The van der Waals surface area contributed by atoms with E-state index in [0.29, 0.717) is 11.4 Å². The lowest BCUT2D eigenvalue weighted by molar-refractivity contribution is 0.682. The first-order valence-electron chi connectivity index (χ1n) is 5.43. The fourth-order valence-electron chi connectivity index (χ4n) is 1.63. The Balaban J connectivity index is 2.04. The molecule has 2 rings (SSSR count). The summed E-state index contributed by atoms with van der Waals surface area (Å²) in [6.07, 6.45) is 0.845. The van der Waals surface area contributed by atoms with E-state index in [-0.39, 0.29) is 0 Å². The molecule has 4 heteroatoms. The van der Waals surface area contributed by atoms with Crippen LogP contribution in [0.3, 0.4) is 0 Å². The van der Waals surface area contributed by atoms with E-state index in [2.05, 4.69) is 6.07 Å². The van der Waals surface area contributed by atoms with Crippen LogP contribution in [0.1, 0.15) is 10.4 Å². The average molecular weight is 265 g/mol. The summed E-state index contributed by atoms with van der Waals surface area (Å²) in [6, 6.07) is 9.78. The molecule has 1 aromatic carbocycles. The topological polar surface area (TPSA) is 43.1 Å². The van der Waals surface area contributed by atoms with Gasteiger partial charge in [0.2, 0.25) is 0 Å². The predicted molar refractivity (Wildman–Crippen MR) is 74.9 cm³/mol. The van der Waals surface area contributed by atoms with E-state index in [4.69, 9.17) is 5.73 Å². The summed E-state index contributed by atoms with van der Waals surface area (Å²) in [4.78, 5) is 2.02. The van der Waals surface area contributed by atoms with Gasteiger partial charge in [-0.2, -0.15) is 0 Å². The quantitative estimate of drug-likeness (QED) is 0.864. The summed E-state index contributed by atoms with van der Waals surface area (Å²) in [5.41, 5.74) is 7.61. The SMILES string of the molecule is Cc1ccc(S(=O)CCc2cccs2)c(N)c1. The summed E-state index contributed by atoms with van der Waals surface area (Å²) in [5, 5.41) is 2.04. The molecule has 2 N–H and O–H groups in total. The fraction of sp³-hybridized carbons (Fsp3) is 0.231. The summed E-state index contributed by atoms with van der Waals surface area (Å²) < 4.78 is 12.1. The van der Waals surface area contributed by atoms with Crippen LogP contribution in [-0.2, 0) is 17.2 Å². The minimum atomic E-state index is -1.01. The van der Waals surface area contributed by atoms with E-state index < -0.39 is 10.8 Å². The van der Waals surface area contributed by atoms with Crippen molar-refractivity contribution in [1.29, 1.82) is 0 Å². The van der Waals surface area contributed by atoms with Gasteiger partial charge in [0.05, 0.1) is 15.7 Å². The number of hydrogen-bond acceptors (Lipinski definition) is 3. The molecular formula is C13H15NOS2. The highest BCUT2D eigenvalue weighted by atomic mass is 32.2. The summed E-state index contributed by atoms with van der Waals surface area (Å²) in [5.74, 6) is 0.633. The second kappa shape index (κ2) is 5.47. The van der Waals surface area contributed by atoms with E-state index in [1.807, 2.05) is 36.6 Å². The standard InChI is InChI=1S/C13H15NOS2/c1-10-4-5-13(12(14)9-10)17(15)8-6-11-3-2-7-16-11/h2-5,7,9H,6,8,14H2,1H3. The molecule has 0 saturated carbocycles. The number of anilines is 1. The van der Waals surface area contributed by atoms with Gasteiger partial charge >= 0.3 is 0 Å². The fourth-order valence-corrected chi connectivity index (χ4v) is 3.64. The molecule has 90 valence electrons. The normalized spacial score (nSPS) is 12.5. The van der Waals surface area contributed by atoms with Gasteiger partial charge in [-0.3, -0.25) is 4.21 Å². The Morgan fingerprint density at radius 2 is 2.18 bits per heavy atom. The van der Waals surface area contributed by atoms with Crippen LogP contribution < -0.4 is 5.73 Å². The molecule has 0 aliphatic heterocycles. The average Bonchev–Trinajstić information content (AvgIpc) is 2.78. The number of nitrogen functional groups attached to an aromatic ring is 1. The highest BCUT2D eigenvalue weighted by molar-refractivity contribution is 7.85. The number of aryl methyl sites for hydroxylation is 2. The molecule has 0 amide bonds. The molecule has 1 atom stereocenters. The van der Waals surface area contributed by atoms with E-state index in [1.54, 1.807) is 11.3 Å². The summed E-state index contributed by atoms with van der Waals surface area (Å²) in [7, 11) is -1.01. The van der Waals surface area contributed by atoms with E-state index in [9.17, 15) is 4.21 Å². The third kappa shape index (κ3) is 3.17. The van der Waals surface area contributed by atoms with E-state index in [0.717, 1.165) is 16.9 Å². The first-order valence-corrected chi connectivity index (χ1v) is 7.63. The zero-order valence-electron chi connectivity index (χ0n) is 9.68. The molecule has 1 heterocycles. The van der Waals surface area contributed by atoms with Gasteiger partial charge in [-0.1, -0.05) is 12.1 Å².